The molecule has 166 valence electrons. The Morgan fingerprint density at radius 1 is 1.06 bits per heavy atom. The van der Waals surface area contributed by atoms with Crippen LogP contribution in [0.4, 0.5) is 21.9 Å². The first kappa shape index (κ1) is 21.8. The Morgan fingerprint density at radius 3 is 2.69 bits per heavy atom. The number of fused-ring (bicyclic) bond motifs is 1. The number of para-hydroxylation sites is 1. The standard InChI is InChI=1S/C22H21N3O5S2/c1-30-21(26)18-13-31-14-19(18)24-22(27)23-16-8-4-9-17(12-16)32(28,29)25-11-5-7-15-6-2-3-10-20(15)25/h2-4,6,8-10,12-14H,5,7,11H2,1H3,(H2,23,24,27). The second-order valence-corrected chi connectivity index (χ2v) is 9.71. The molecule has 2 heterocycles. The van der Waals surface area contributed by atoms with Gasteiger partial charge in [-0.3, -0.25) is 4.31 Å². The van der Waals surface area contributed by atoms with E-state index in [1.165, 1.54) is 34.9 Å². The second-order valence-electron chi connectivity index (χ2n) is 7.11. The summed E-state index contributed by atoms with van der Waals surface area (Å²) in [6.07, 6.45) is 1.57. The number of rotatable bonds is 5. The zero-order valence-electron chi connectivity index (χ0n) is 17.2. The van der Waals surface area contributed by atoms with Crippen LogP contribution in [0.25, 0.3) is 0 Å². The quantitative estimate of drug-likeness (QED) is 0.539. The number of nitrogens with one attached hydrogen (secondary N) is 2. The summed E-state index contributed by atoms with van der Waals surface area (Å²) in [5, 5.41) is 8.39. The SMILES string of the molecule is COC(=O)c1cscc1NC(=O)Nc1cccc(S(=O)(=O)N2CCCc3ccccc32)c1. The lowest BCUT2D eigenvalue weighted by Crippen LogP contribution is -2.35. The normalized spacial score (nSPS) is 13.2. The second kappa shape index (κ2) is 9.01. The lowest BCUT2D eigenvalue weighted by molar-refractivity contribution is 0.0602. The molecule has 32 heavy (non-hydrogen) atoms. The van der Waals surface area contributed by atoms with Crippen molar-refractivity contribution in [2.75, 3.05) is 28.6 Å². The molecule has 0 fully saturated rings. The fourth-order valence-corrected chi connectivity index (χ4v) is 5.89. The van der Waals surface area contributed by atoms with E-state index < -0.39 is 22.0 Å². The number of anilines is 3. The number of nitrogens with zero attached hydrogens (tertiary/aromatic N) is 1. The molecule has 2 aromatic carbocycles. The van der Waals surface area contributed by atoms with Gasteiger partial charge in [0.2, 0.25) is 0 Å². The molecule has 10 heteroatoms. The molecule has 4 rings (SSSR count). The lowest BCUT2D eigenvalue weighted by Gasteiger charge is -2.30. The number of carbonyl (C=O) groups is 2. The molecule has 2 N–H and O–H groups in total. The highest BCUT2D eigenvalue weighted by atomic mass is 32.2. The maximum Gasteiger partial charge on any atom is 0.340 e. The van der Waals surface area contributed by atoms with E-state index in [0.29, 0.717) is 23.6 Å². The monoisotopic (exact) mass is 471 g/mol. The van der Waals surface area contributed by atoms with Crippen molar-refractivity contribution >= 4 is 50.4 Å². The number of sulfonamides is 1. The summed E-state index contributed by atoms with van der Waals surface area (Å²) in [4.78, 5) is 24.3. The number of methoxy groups -OCH3 is 1. The molecule has 2 amide bonds. The topological polar surface area (TPSA) is 105 Å². The molecule has 0 radical (unpaired) electrons. The zero-order valence-corrected chi connectivity index (χ0v) is 18.8. The van der Waals surface area contributed by atoms with Gasteiger partial charge >= 0.3 is 12.0 Å². The van der Waals surface area contributed by atoms with Gasteiger partial charge in [0.25, 0.3) is 10.0 Å². The van der Waals surface area contributed by atoms with Gasteiger partial charge in [-0.1, -0.05) is 24.3 Å². The molecule has 3 aromatic rings. The smallest absolute Gasteiger partial charge is 0.340 e. The molecule has 1 aliphatic rings. The number of hydrogen-bond acceptors (Lipinski definition) is 6. The van der Waals surface area contributed by atoms with Crippen molar-refractivity contribution in [1.82, 2.24) is 0 Å². The van der Waals surface area contributed by atoms with E-state index in [1.54, 1.807) is 29.0 Å². The number of esters is 1. The molecule has 0 saturated carbocycles. The number of carbonyl (C=O) groups excluding carboxylic acids is 2. The summed E-state index contributed by atoms with van der Waals surface area (Å²) in [6, 6.07) is 12.9. The molecule has 8 nitrogen and oxygen atoms in total. The van der Waals surface area contributed by atoms with Gasteiger partial charge in [-0.25, -0.2) is 18.0 Å². The van der Waals surface area contributed by atoms with E-state index in [0.717, 1.165) is 18.4 Å². The first-order valence-corrected chi connectivity index (χ1v) is 12.2. The van der Waals surface area contributed by atoms with Gasteiger partial charge in [0.15, 0.2) is 0 Å². The Hall–Kier alpha value is -3.37. The van der Waals surface area contributed by atoms with Crippen LogP contribution in [-0.4, -0.2) is 34.1 Å². The van der Waals surface area contributed by atoms with Crippen molar-refractivity contribution < 1.29 is 22.7 Å². The molecule has 1 aliphatic heterocycles. The van der Waals surface area contributed by atoms with Crippen LogP contribution in [-0.2, 0) is 21.2 Å². The van der Waals surface area contributed by atoms with E-state index in [-0.39, 0.29) is 10.5 Å². The van der Waals surface area contributed by atoms with Crippen molar-refractivity contribution in [3.8, 4) is 0 Å². The molecule has 0 aliphatic carbocycles. The summed E-state index contributed by atoms with van der Waals surface area (Å²) in [6.45, 7) is 0.395. The Kier molecular flexibility index (Phi) is 6.15. The Labute approximate surface area is 189 Å². The number of benzene rings is 2. The van der Waals surface area contributed by atoms with Crippen molar-refractivity contribution in [2.24, 2.45) is 0 Å². The predicted octanol–water partition coefficient (Wildman–Crippen LogP) is 4.32. The van der Waals surface area contributed by atoms with Crippen molar-refractivity contribution in [1.29, 1.82) is 0 Å². The van der Waals surface area contributed by atoms with Gasteiger partial charge in [0.1, 0.15) is 0 Å². The number of amides is 2. The average Bonchev–Trinajstić information content (AvgIpc) is 3.26. The molecule has 0 bridgehead atoms. The molecule has 0 unspecified atom stereocenters. The van der Waals surface area contributed by atoms with Crippen LogP contribution >= 0.6 is 11.3 Å². The van der Waals surface area contributed by atoms with Crippen molar-refractivity contribution in [3.05, 3.63) is 70.4 Å². The maximum atomic E-state index is 13.3. The summed E-state index contributed by atoms with van der Waals surface area (Å²) in [5.74, 6) is -0.559. The Morgan fingerprint density at radius 2 is 1.88 bits per heavy atom. The fourth-order valence-electron chi connectivity index (χ4n) is 3.56. The number of aryl methyl sites for hydroxylation is 1. The van der Waals surface area contributed by atoms with E-state index >= 15 is 0 Å². The molecule has 0 spiro atoms. The zero-order chi connectivity index (χ0) is 22.7. The van der Waals surface area contributed by atoms with Crippen LogP contribution in [0.5, 0.6) is 0 Å². The van der Waals surface area contributed by atoms with Gasteiger partial charge in [-0.2, -0.15) is 0 Å². The minimum atomic E-state index is -3.80. The van der Waals surface area contributed by atoms with E-state index in [9.17, 15) is 18.0 Å². The third-order valence-electron chi connectivity index (χ3n) is 5.06. The summed E-state index contributed by atoms with van der Waals surface area (Å²) in [5.41, 5.74) is 2.54. The van der Waals surface area contributed by atoms with E-state index in [4.69, 9.17) is 4.74 Å². The number of urea groups is 1. The van der Waals surface area contributed by atoms with Crippen LogP contribution in [0.1, 0.15) is 22.3 Å². The van der Waals surface area contributed by atoms with Crippen molar-refractivity contribution in [2.45, 2.75) is 17.7 Å². The predicted molar refractivity (Wildman–Crippen MR) is 124 cm³/mol. The highest BCUT2D eigenvalue weighted by Gasteiger charge is 2.29. The van der Waals surface area contributed by atoms with Crippen LogP contribution in [0.3, 0.4) is 0 Å². The fraction of sp³-hybridized carbons (Fsp3) is 0.182. The Balaban J connectivity index is 1.54. The van der Waals surface area contributed by atoms with E-state index in [1.807, 2.05) is 18.2 Å². The molecule has 0 atom stereocenters. The van der Waals surface area contributed by atoms with E-state index in [2.05, 4.69) is 10.6 Å². The Bertz CT molecular complexity index is 1270. The van der Waals surface area contributed by atoms with Gasteiger partial charge < -0.3 is 15.4 Å². The van der Waals surface area contributed by atoms with Crippen LogP contribution in [0, 0.1) is 0 Å². The van der Waals surface area contributed by atoms with Gasteiger partial charge in [-0.15, -0.1) is 11.3 Å². The number of ether oxygens (including phenoxy) is 1. The third-order valence-corrected chi connectivity index (χ3v) is 7.62. The maximum absolute atomic E-state index is 13.3. The first-order chi connectivity index (χ1) is 15.4. The average molecular weight is 472 g/mol. The van der Waals surface area contributed by atoms with Crippen molar-refractivity contribution in [3.63, 3.8) is 0 Å². The largest absolute Gasteiger partial charge is 0.465 e. The molecular formula is C22H21N3O5S2. The minimum Gasteiger partial charge on any atom is -0.465 e. The molecular weight excluding hydrogens is 450 g/mol. The highest BCUT2D eigenvalue weighted by molar-refractivity contribution is 7.92. The summed E-state index contributed by atoms with van der Waals surface area (Å²) in [7, 11) is -2.54. The number of thiophene rings is 1. The first-order valence-electron chi connectivity index (χ1n) is 9.83. The van der Waals surface area contributed by atoms with Crippen LogP contribution in [0.2, 0.25) is 0 Å². The summed E-state index contributed by atoms with van der Waals surface area (Å²) >= 11 is 1.25. The van der Waals surface area contributed by atoms with Gasteiger partial charge in [0.05, 0.1) is 28.9 Å². The number of hydrogen-bond donors (Lipinski definition) is 2. The lowest BCUT2D eigenvalue weighted by atomic mass is 10.0. The van der Waals surface area contributed by atoms with Crippen LogP contribution < -0.4 is 14.9 Å². The third kappa shape index (κ3) is 4.32. The van der Waals surface area contributed by atoms with Crippen LogP contribution in [0.15, 0.2) is 64.2 Å². The minimum absolute atomic E-state index is 0.0813. The molecule has 1 aromatic heterocycles. The summed E-state index contributed by atoms with van der Waals surface area (Å²) < 4.78 is 32.8. The van der Waals surface area contributed by atoms with Gasteiger partial charge in [0, 0.05) is 23.0 Å². The highest BCUT2D eigenvalue weighted by Crippen LogP contribution is 2.32. The van der Waals surface area contributed by atoms with Gasteiger partial charge in [-0.05, 0) is 42.7 Å². The molecule has 0 saturated heterocycles.